The summed E-state index contributed by atoms with van der Waals surface area (Å²) < 4.78 is 5.75. The maximum atomic E-state index is 12.8. The molecule has 2 aliphatic rings. The Kier molecular flexibility index (Phi) is 9.64. The number of hydrogen-bond donors (Lipinski definition) is 3. The predicted octanol–water partition coefficient (Wildman–Crippen LogP) is 5.87. The molecule has 3 unspecified atom stereocenters. The van der Waals surface area contributed by atoms with E-state index in [0.29, 0.717) is 31.7 Å². The zero-order chi connectivity index (χ0) is 28.6. The summed E-state index contributed by atoms with van der Waals surface area (Å²) >= 11 is 0. The summed E-state index contributed by atoms with van der Waals surface area (Å²) in [4.78, 5) is 19.4. The van der Waals surface area contributed by atoms with E-state index in [9.17, 15) is 9.90 Å². The molecule has 3 heterocycles. The van der Waals surface area contributed by atoms with Gasteiger partial charge in [0.2, 0.25) is 0 Å². The number of nitrogens with zero attached hydrogens (tertiary/aromatic N) is 3. The second-order valence-corrected chi connectivity index (χ2v) is 11.2. The van der Waals surface area contributed by atoms with Gasteiger partial charge in [-0.1, -0.05) is 50.3 Å². The number of rotatable bonds is 7. The third kappa shape index (κ3) is 7.31. The molecule has 4 aromatic rings. The van der Waals surface area contributed by atoms with Gasteiger partial charge in [-0.2, -0.15) is 5.10 Å². The SMILES string of the molecule is C1CCCC1.CC(O)CC1COCC(C)N1c1ccc(-c2n[nH]c3ccc(C(=O)NCc4ccccn4)cc23)cc1. The highest BCUT2D eigenvalue weighted by Gasteiger charge is 2.29. The number of amides is 1. The smallest absolute Gasteiger partial charge is 0.251 e. The third-order valence-corrected chi connectivity index (χ3v) is 7.82. The molecule has 2 aromatic carbocycles. The first-order valence-electron chi connectivity index (χ1n) is 14.8. The molecule has 2 aromatic heterocycles. The van der Waals surface area contributed by atoms with Gasteiger partial charge in [0, 0.05) is 34.4 Å². The Bertz CT molecular complexity index is 1390. The van der Waals surface area contributed by atoms with Crippen LogP contribution < -0.4 is 10.2 Å². The van der Waals surface area contributed by atoms with Crippen LogP contribution in [0.4, 0.5) is 5.69 Å². The highest BCUT2D eigenvalue weighted by molar-refractivity contribution is 6.01. The number of ether oxygens (including phenoxy) is 1. The number of aliphatic hydroxyl groups excluding tert-OH is 1. The number of benzene rings is 2. The van der Waals surface area contributed by atoms with E-state index in [4.69, 9.17) is 4.74 Å². The van der Waals surface area contributed by atoms with Crippen LogP contribution in [0.3, 0.4) is 0 Å². The van der Waals surface area contributed by atoms with Crippen molar-refractivity contribution in [1.82, 2.24) is 20.5 Å². The van der Waals surface area contributed by atoms with Crippen LogP contribution in [0.15, 0.2) is 66.9 Å². The van der Waals surface area contributed by atoms with E-state index in [1.54, 1.807) is 12.3 Å². The van der Waals surface area contributed by atoms with Gasteiger partial charge in [0.25, 0.3) is 5.91 Å². The van der Waals surface area contributed by atoms with Gasteiger partial charge in [-0.25, -0.2) is 0 Å². The van der Waals surface area contributed by atoms with Crippen LogP contribution in [-0.2, 0) is 11.3 Å². The summed E-state index contributed by atoms with van der Waals surface area (Å²) in [6, 6.07) is 19.8. The molecular weight excluding hydrogens is 514 g/mol. The van der Waals surface area contributed by atoms with Gasteiger partial charge in [-0.05, 0) is 62.7 Å². The Morgan fingerprint density at radius 3 is 2.51 bits per heavy atom. The Balaban J connectivity index is 0.000000610. The van der Waals surface area contributed by atoms with Gasteiger partial charge in [0.1, 0.15) is 0 Å². The van der Waals surface area contributed by atoms with Crippen LogP contribution in [0.25, 0.3) is 22.2 Å². The second-order valence-electron chi connectivity index (χ2n) is 11.2. The van der Waals surface area contributed by atoms with Crippen molar-refractivity contribution in [2.24, 2.45) is 0 Å². The molecule has 0 spiro atoms. The number of fused-ring (bicyclic) bond motifs is 1. The molecule has 1 aliphatic carbocycles. The number of morpholine rings is 1. The summed E-state index contributed by atoms with van der Waals surface area (Å²) in [5.74, 6) is -0.157. The third-order valence-electron chi connectivity index (χ3n) is 7.82. The maximum Gasteiger partial charge on any atom is 0.251 e. The first kappa shape index (κ1) is 28.8. The van der Waals surface area contributed by atoms with Crippen molar-refractivity contribution in [3.63, 3.8) is 0 Å². The van der Waals surface area contributed by atoms with E-state index >= 15 is 0 Å². The molecule has 6 rings (SSSR count). The van der Waals surface area contributed by atoms with Gasteiger partial charge in [-0.15, -0.1) is 0 Å². The molecule has 1 amide bonds. The lowest BCUT2D eigenvalue weighted by Gasteiger charge is -2.42. The number of aromatic nitrogens is 3. The number of carbonyl (C=O) groups excluding carboxylic acids is 1. The topological polar surface area (TPSA) is 103 Å². The molecule has 1 saturated heterocycles. The second kappa shape index (κ2) is 13.7. The van der Waals surface area contributed by atoms with Crippen molar-refractivity contribution in [1.29, 1.82) is 0 Å². The monoisotopic (exact) mass is 555 g/mol. The number of pyridine rings is 1. The zero-order valence-electron chi connectivity index (χ0n) is 24.1. The molecule has 0 bridgehead atoms. The molecule has 8 heteroatoms. The van der Waals surface area contributed by atoms with Gasteiger partial charge in [0.05, 0.1) is 48.8 Å². The van der Waals surface area contributed by atoms with E-state index in [1.807, 2.05) is 37.3 Å². The van der Waals surface area contributed by atoms with Crippen molar-refractivity contribution in [2.75, 3.05) is 18.1 Å². The number of H-pyrrole nitrogens is 1. The molecule has 3 N–H and O–H groups in total. The average molecular weight is 556 g/mol. The molecule has 1 saturated carbocycles. The minimum atomic E-state index is -0.392. The van der Waals surface area contributed by atoms with Crippen molar-refractivity contribution >= 4 is 22.5 Å². The predicted molar refractivity (Wildman–Crippen MR) is 163 cm³/mol. The lowest BCUT2D eigenvalue weighted by atomic mass is 10.0. The number of anilines is 1. The summed E-state index contributed by atoms with van der Waals surface area (Å²) in [5, 5.41) is 21.4. The summed E-state index contributed by atoms with van der Waals surface area (Å²) in [6.07, 6.45) is 9.47. The van der Waals surface area contributed by atoms with E-state index in [1.165, 1.54) is 32.1 Å². The number of carbonyl (C=O) groups is 1. The molecule has 3 atom stereocenters. The Labute approximate surface area is 242 Å². The highest BCUT2D eigenvalue weighted by atomic mass is 16.5. The summed E-state index contributed by atoms with van der Waals surface area (Å²) in [6.45, 7) is 5.59. The average Bonchev–Trinajstić information content (AvgIpc) is 3.70. The van der Waals surface area contributed by atoms with E-state index in [0.717, 1.165) is 33.5 Å². The Morgan fingerprint density at radius 2 is 1.83 bits per heavy atom. The highest BCUT2D eigenvalue weighted by Crippen LogP contribution is 2.31. The van der Waals surface area contributed by atoms with Crippen molar-refractivity contribution < 1.29 is 14.6 Å². The van der Waals surface area contributed by atoms with Crippen LogP contribution in [0.5, 0.6) is 0 Å². The number of aliphatic hydroxyl groups is 1. The largest absolute Gasteiger partial charge is 0.393 e. The molecule has 1 aliphatic heterocycles. The van der Waals surface area contributed by atoms with Crippen LogP contribution in [0, 0.1) is 0 Å². The zero-order valence-corrected chi connectivity index (χ0v) is 24.1. The minimum absolute atomic E-state index is 0.123. The fraction of sp³-hybridized carbons (Fsp3) is 0.424. The number of nitrogens with one attached hydrogen (secondary N) is 2. The lowest BCUT2D eigenvalue weighted by Crippen LogP contribution is -2.52. The number of hydrogen-bond acceptors (Lipinski definition) is 6. The standard InChI is InChI=1S/C28H31N5O3.C5H10/c1-18-16-36-17-24(13-19(2)34)33(18)23-9-6-20(7-10-23)27-25-14-21(8-11-26(25)31-32-27)28(35)30-15-22-5-3-4-12-29-22;1-2-4-5-3-1/h3-12,14,18-19,24,34H,13,15-17H2,1-2H3,(H,30,35)(H,31,32);1-5H2. The lowest BCUT2D eigenvalue weighted by molar-refractivity contribution is 0.0530. The normalized spacial score (nSPS) is 19.4. The quantitative estimate of drug-likeness (QED) is 0.264. The van der Waals surface area contributed by atoms with Crippen molar-refractivity contribution in [3.05, 3.63) is 78.1 Å². The van der Waals surface area contributed by atoms with Crippen LogP contribution in [0.2, 0.25) is 0 Å². The van der Waals surface area contributed by atoms with Gasteiger partial charge >= 0.3 is 0 Å². The van der Waals surface area contributed by atoms with Crippen LogP contribution >= 0.6 is 0 Å². The van der Waals surface area contributed by atoms with Crippen molar-refractivity contribution in [2.45, 2.75) is 77.1 Å². The first-order valence-corrected chi connectivity index (χ1v) is 14.8. The maximum absolute atomic E-state index is 12.8. The molecule has 0 radical (unpaired) electrons. The summed E-state index contributed by atoms with van der Waals surface area (Å²) in [5.41, 5.74) is 5.10. The van der Waals surface area contributed by atoms with E-state index < -0.39 is 6.10 Å². The van der Waals surface area contributed by atoms with Gasteiger partial charge in [-0.3, -0.25) is 14.9 Å². The summed E-state index contributed by atoms with van der Waals surface area (Å²) in [7, 11) is 0. The van der Waals surface area contributed by atoms with Gasteiger partial charge < -0.3 is 20.1 Å². The fourth-order valence-electron chi connectivity index (χ4n) is 5.76. The first-order chi connectivity index (χ1) is 20.0. The number of aromatic amines is 1. The van der Waals surface area contributed by atoms with E-state index in [2.05, 4.69) is 56.6 Å². The van der Waals surface area contributed by atoms with Crippen LogP contribution in [0.1, 0.15) is 68.4 Å². The van der Waals surface area contributed by atoms with Crippen molar-refractivity contribution in [3.8, 4) is 11.3 Å². The molecular formula is C33H41N5O3. The Hall–Kier alpha value is -3.75. The minimum Gasteiger partial charge on any atom is -0.393 e. The molecule has 216 valence electrons. The molecule has 41 heavy (non-hydrogen) atoms. The molecule has 8 nitrogen and oxygen atoms in total. The Morgan fingerprint density at radius 1 is 1.07 bits per heavy atom. The van der Waals surface area contributed by atoms with Gasteiger partial charge in [0.15, 0.2) is 0 Å². The van der Waals surface area contributed by atoms with E-state index in [-0.39, 0.29) is 18.0 Å². The van der Waals surface area contributed by atoms with Crippen LogP contribution in [-0.4, -0.2) is 57.6 Å². The molecule has 2 fully saturated rings. The fourth-order valence-corrected chi connectivity index (χ4v) is 5.76.